The number of ether oxygens (including phenoxy) is 1. The van der Waals surface area contributed by atoms with Gasteiger partial charge in [-0.1, -0.05) is 23.7 Å². The molecule has 2 aliphatic rings. The third-order valence-corrected chi connectivity index (χ3v) is 5.47. The molecule has 1 unspecified atom stereocenters. The van der Waals surface area contributed by atoms with Crippen LogP contribution in [0.15, 0.2) is 24.3 Å². The Balaban J connectivity index is 1.43. The predicted octanol–water partition coefficient (Wildman–Crippen LogP) is 3.16. The number of rotatable bonds is 5. The van der Waals surface area contributed by atoms with Crippen molar-refractivity contribution in [2.45, 2.75) is 57.1 Å². The second-order valence-corrected chi connectivity index (χ2v) is 7.64. The van der Waals surface area contributed by atoms with Crippen LogP contribution in [0.4, 0.5) is 0 Å². The average molecular weight is 365 g/mol. The largest absolute Gasteiger partial charge is 0.489 e. The van der Waals surface area contributed by atoms with Crippen molar-refractivity contribution >= 4 is 23.4 Å². The van der Waals surface area contributed by atoms with Gasteiger partial charge in [0.15, 0.2) is 0 Å². The van der Waals surface area contributed by atoms with Gasteiger partial charge in [-0.2, -0.15) is 0 Å². The van der Waals surface area contributed by atoms with Crippen molar-refractivity contribution in [1.29, 1.82) is 0 Å². The molecule has 0 radical (unpaired) electrons. The fraction of sp³-hybridized carbons (Fsp3) is 0.579. The van der Waals surface area contributed by atoms with Crippen LogP contribution >= 0.6 is 11.6 Å². The van der Waals surface area contributed by atoms with E-state index in [2.05, 4.69) is 5.32 Å². The van der Waals surface area contributed by atoms with E-state index < -0.39 is 0 Å². The Morgan fingerprint density at radius 2 is 2.08 bits per heavy atom. The Morgan fingerprint density at radius 1 is 1.36 bits per heavy atom. The number of carbonyl (C=O) groups excluding carboxylic acids is 2. The zero-order chi connectivity index (χ0) is 17.9. The zero-order valence-corrected chi connectivity index (χ0v) is 15.3. The quantitative estimate of drug-likeness (QED) is 0.873. The number of para-hydroxylation sites is 1. The van der Waals surface area contributed by atoms with Crippen LogP contribution in [0.2, 0.25) is 5.02 Å². The first-order valence-electron chi connectivity index (χ1n) is 8.95. The number of hydrogen-bond acceptors (Lipinski definition) is 3. The topological polar surface area (TPSA) is 58.6 Å². The summed E-state index contributed by atoms with van der Waals surface area (Å²) in [5, 5.41) is 3.60. The zero-order valence-electron chi connectivity index (χ0n) is 14.6. The minimum absolute atomic E-state index is 0.0903. The third-order valence-electron chi connectivity index (χ3n) is 5.16. The van der Waals surface area contributed by atoms with Gasteiger partial charge in [-0.15, -0.1) is 0 Å². The molecule has 0 bridgehead atoms. The van der Waals surface area contributed by atoms with Gasteiger partial charge in [-0.3, -0.25) is 9.59 Å². The number of nitrogens with zero attached hydrogens (tertiary/aromatic N) is 1. The molecule has 2 fully saturated rings. The van der Waals surface area contributed by atoms with Crippen molar-refractivity contribution in [2.75, 3.05) is 13.1 Å². The average Bonchev–Trinajstić information content (AvgIpc) is 2.95. The van der Waals surface area contributed by atoms with Crippen LogP contribution in [0.3, 0.4) is 0 Å². The number of benzene rings is 1. The lowest BCUT2D eigenvalue weighted by molar-refractivity contribution is -0.133. The number of likely N-dealkylation sites (tertiary alicyclic amines) is 1. The van der Waals surface area contributed by atoms with E-state index in [1.165, 1.54) is 0 Å². The fourth-order valence-electron chi connectivity index (χ4n) is 3.52. The van der Waals surface area contributed by atoms with Gasteiger partial charge in [0, 0.05) is 44.3 Å². The molecule has 0 spiro atoms. The highest BCUT2D eigenvalue weighted by Crippen LogP contribution is 2.28. The van der Waals surface area contributed by atoms with Gasteiger partial charge < -0.3 is 15.0 Å². The standard InChI is InChI=1S/C19H25ClN2O3/c1-19(10-6-17(23)21-19)11-7-18(24)22-12-8-14(9-13-22)25-16-5-3-2-4-15(16)20/h2-5,14H,6-13H2,1H3,(H,21,23). The van der Waals surface area contributed by atoms with Crippen LogP contribution < -0.4 is 10.1 Å². The minimum Gasteiger partial charge on any atom is -0.489 e. The summed E-state index contributed by atoms with van der Waals surface area (Å²) in [4.78, 5) is 25.7. The summed E-state index contributed by atoms with van der Waals surface area (Å²) in [7, 11) is 0. The Morgan fingerprint density at radius 3 is 2.72 bits per heavy atom. The number of amides is 2. The second-order valence-electron chi connectivity index (χ2n) is 7.24. The maximum Gasteiger partial charge on any atom is 0.222 e. The number of nitrogens with one attached hydrogen (secondary N) is 1. The number of halogens is 1. The maximum atomic E-state index is 12.4. The molecule has 0 aromatic heterocycles. The molecule has 25 heavy (non-hydrogen) atoms. The molecular weight excluding hydrogens is 340 g/mol. The van der Waals surface area contributed by atoms with E-state index in [1.54, 1.807) is 0 Å². The molecule has 1 atom stereocenters. The summed E-state index contributed by atoms with van der Waals surface area (Å²) in [5.74, 6) is 0.963. The summed E-state index contributed by atoms with van der Waals surface area (Å²) in [6, 6.07) is 7.47. The van der Waals surface area contributed by atoms with E-state index >= 15 is 0 Å². The van der Waals surface area contributed by atoms with Crippen LogP contribution in [-0.2, 0) is 9.59 Å². The normalized spacial score (nSPS) is 24.2. The molecular formula is C19H25ClN2O3. The molecule has 2 amide bonds. The monoisotopic (exact) mass is 364 g/mol. The smallest absolute Gasteiger partial charge is 0.222 e. The first-order chi connectivity index (χ1) is 12.0. The van der Waals surface area contributed by atoms with Crippen molar-refractivity contribution in [1.82, 2.24) is 10.2 Å². The van der Waals surface area contributed by atoms with Crippen molar-refractivity contribution in [3.8, 4) is 5.75 Å². The van der Waals surface area contributed by atoms with E-state index in [-0.39, 0.29) is 23.5 Å². The Kier molecular flexibility index (Phi) is 5.52. The van der Waals surface area contributed by atoms with Gasteiger partial charge in [0.1, 0.15) is 11.9 Å². The molecule has 0 saturated carbocycles. The third kappa shape index (κ3) is 4.66. The summed E-state index contributed by atoms with van der Waals surface area (Å²) in [6.45, 7) is 3.43. The highest BCUT2D eigenvalue weighted by molar-refractivity contribution is 6.32. The van der Waals surface area contributed by atoms with Crippen LogP contribution in [0.5, 0.6) is 5.75 Å². The molecule has 2 aliphatic heterocycles. The van der Waals surface area contributed by atoms with E-state index in [0.29, 0.717) is 43.1 Å². The van der Waals surface area contributed by atoms with Crippen molar-refractivity contribution in [3.63, 3.8) is 0 Å². The van der Waals surface area contributed by atoms with Gasteiger partial charge in [0.2, 0.25) is 11.8 Å². The molecule has 1 N–H and O–H groups in total. The highest BCUT2D eigenvalue weighted by atomic mass is 35.5. The SMILES string of the molecule is CC1(CCC(=O)N2CCC(Oc3ccccc3Cl)CC2)CCC(=O)N1. The van der Waals surface area contributed by atoms with Crippen LogP contribution in [-0.4, -0.2) is 41.4 Å². The number of hydrogen-bond donors (Lipinski definition) is 1. The summed E-state index contributed by atoms with van der Waals surface area (Å²) in [6.07, 6.45) is 4.27. The lowest BCUT2D eigenvalue weighted by Crippen LogP contribution is -2.43. The second kappa shape index (κ2) is 7.65. The van der Waals surface area contributed by atoms with E-state index in [4.69, 9.17) is 16.3 Å². The Bertz CT molecular complexity index is 643. The highest BCUT2D eigenvalue weighted by Gasteiger charge is 2.34. The van der Waals surface area contributed by atoms with Gasteiger partial charge in [-0.05, 0) is 31.9 Å². The van der Waals surface area contributed by atoms with Crippen molar-refractivity contribution in [3.05, 3.63) is 29.3 Å². The van der Waals surface area contributed by atoms with Crippen molar-refractivity contribution in [2.24, 2.45) is 0 Å². The Labute approximate surface area is 153 Å². The molecule has 3 rings (SSSR count). The lowest BCUT2D eigenvalue weighted by Gasteiger charge is -2.33. The molecule has 5 nitrogen and oxygen atoms in total. The predicted molar refractivity (Wildman–Crippen MR) is 96.7 cm³/mol. The minimum atomic E-state index is -0.224. The Hall–Kier alpha value is -1.75. The molecule has 0 aliphatic carbocycles. The molecule has 1 aromatic rings. The van der Waals surface area contributed by atoms with Crippen LogP contribution in [0, 0.1) is 0 Å². The maximum absolute atomic E-state index is 12.4. The van der Waals surface area contributed by atoms with Crippen molar-refractivity contribution < 1.29 is 14.3 Å². The molecule has 6 heteroatoms. The first-order valence-corrected chi connectivity index (χ1v) is 9.33. The summed E-state index contributed by atoms with van der Waals surface area (Å²) in [5.41, 5.74) is -0.224. The molecule has 2 heterocycles. The number of piperidine rings is 1. The number of carbonyl (C=O) groups is 2. The van der Waals surface area contributed by atoms with Gasteiger partial charge >= 0.3 is 0 Å². The summed E-state index contributed by atoms with van der Waals surface area (Å²) < 4.78 is 5.97. The van der Waals surface area contributed by atoms with E-state index in [9.17, 15) is 9.59 Å². The van der Waals surface area contributed by atoms with E-state index in [1.807, 2.05) is 36.1 Å². The van der Waals surface area contributed by atoms with E-state index in [0.717, 1.165) is 19.3 Å². The first kappa shape index (κ1) is 18.1. The fourth-order valence-corrected chi connectivity index (χ4v) is 3.70. The van der Waals surface area contributed by atoms with Gasteiger partial charge in [0.05, 0.1) is 5.02 Å². The molecule has 2 saturated heterocycles. The summed E-state index contributed by atoms with van der Waals surface area (Å²) >= 11 is 6.13. The molecule has 136 valence electrons. The van der Waals surface area contributed by atoms with Crippen LogP contribution in [0.25, 0.3) is 0 Å². The van der Waals surface area contributed by atoms with Gasteiger partial charge in [0.25, 0.3) is 0 Å². The van der Waals surface area contributed by atoms with Gasteiger partial charge in [-0.25, -0.2) is 0 Å². The molecule has 1 aromatic carbocycles. The van der Waals surface area contributed by atoms with Crippen LogP contribution in [0.1, 0.15) is 45.4 Å². The lowest BCUT2D eigenvalue weighted by atomic mass is 9.93.